The van der Waals surface area contributed by atoms with Crippen LogP contribution in [-0.2, 0) is 21.2 Å². The average Bonchev–Trinajstić information content (AvgIpc) is 2.36. The Morgan fingerprint density at radius 3 is 2.74 bits per heavy atom. The minimum Gasteiger partial charge on any atom is -0.480 e. The molecule has 0 amide bonds. The van der Waals surface area contributed by atoms with E-state index in [-0.39, 0.29) is 12.6 Å². The number of carboxylic acid groups (broad SMARTS) is 1. The van der Waals surface area contributed by atoms with Crippen molar-refractivity contribution in [3.05, 3.63) is 29.8 Å². The van der Waals surface area contributed by atoms with Crippen molar-refractivity contribution in [2.75, 3.05) is 10.8 Å². The second kappa shape index (κ2) is 4.82. The van der Waals surface area contributed by atoms with Gasteiger partial charge in [0.15, 0.2) is 5.25 Å². The number of nitrogens with zero attached hydrogens (tertiary/aromatic N) is 1. The molecule has 7 heteroatoms. The van der Waals surface area contributed by atoms with Gasteiger partial charge in [-0.15, -0.1) is 0 Å². The Labute approximate surface area is 111 Å². The highest BCUT2D eigenvalue weighted by molar-refractivity contribution is 7.94. The molecule has 1 aliphatic heterocycles. The molecule has 0 spiro atoms. The number of sulfonamides is 1. The Balaban J connectivity index is 2.49. The molecule has 19 heavy (non-hydrogen) atoms. The molecule has 0 fully saturated rings. The Kier molecular flexibility index (Phi) is 3.51. The largest absolute Gasteiger partial charge is 0.480 e. The van der Waals surface area contributed by atoms with Crippen LogP contribution in [0.4, 0.5) is 5.69 Å². The van der Waals surface area contributed by atoms with Crippen LogP contribution in [0.25, 0.3) is 0 Å². The summed E-state index contributed by atoms with van der Waals surface area (Å²) in [4.78, 5) is 10.9. The fourth-order valence-corrected chi connectivity index (χ4v) is 3.63. The lowest BCUT2D eigenvalue weighted by Gasteiger charge is -2.34. The Bertz CT molecular complexity index is 600. The number of aliphatic carboxylic acids is 1. The standard InChI is InChI=1S/C12H16N2O4S/c1-8(12(15)16)19(17,18)14-7-10(13)6-9-4-2-3-5-11(9)14/h2-5,8,10H,6-7,13H2,1H3,(H,15,16). The van der Waals surface area contributed by atoms with Gasteiger partial charge in [-0.3, -0.25) is 9.10 Å². The van der Waals surface area contributed by atoms with Gasteiger partial charge in [0.05, 0.1) is 5.69 Å². The lowest BCUT2D eigenvalue weighted by Crippen LogP contribution is -2.50. The molecular weight excluding hydrogens is 268 g/mol. The van der Waals surface area contributed by atoms with Crippen molar-refractivity contribution in [3.63, 3.8) is 0 Å². The molecule has 2 unspecified atom stereocenters. The maximum atomic E-state index is 12.3. The van der Waals surface area contributed by atoms with Crippen molar-refractivity contribution in [1.82, 2.24) is 0 Å². The van der Waals surface area contributed by atoms with Crippen LogP contribution in [0.5, 0.6) is 0 Å². The molecule has 1 heterocycles. The van der Waals surface area contributed by atoms with Crippen molar-refractivity contribution < 1.29 is 18.3 Å². The van der Waals surface area contributed by atoms with Gasteiger partial charge in [-0.1, -0.05) is 18.2 Å². The van der Waals surface area contributed by atoms with Gasteiger partial charge in [-0.2, -0.15) is 0 Å². The summed E-state index contributed by atoms with van der Waals surface area (Å²) < 4.78 is 25.8. The Morgan fingerprint density at radius 2 is 2.11 bits per heavy atom. The van der Waals surface area contributed by atoms with E-state index >= 15 is 0 Å². The summed E-state index contributed by atoms with van der Waals surface area (Å²) in [6.07, 6.45) is 0.587. The van der Waals surface area contributed by atoms with Gasteiger partial charge >= 0.3 is 5.97 Å². The molecule has 0 aromatic heterocycles. The van der Waals surface area contributed by atoms with Crippen LogP contribution in [0.15, 0.2) is 24.3 Å². The highest BCUT2D eigenvalue weighted by atomic mass is 32.2. The molecule has 0 saturated carbocycles. The highest BCUT2D eigenvalue weighted by Crippen LogP contribution is 2.30. The average molecular weight is 284 g/mol. The van der Waals surface area contributed by atoms with Gasteiger partial charge in [0, 0.05) is 12.6 Å². The summed E-state index contributed by atoms with van der Waals surface area (Å²) in [5, 5.41) is 7.43. The first-order valence-electron chi connectivity index (χ1n) is 5.92. The van der Waals surface area contributed by atoms with E-state index in [0.717, 1.165) is 9.87 Å². The number of fused-ring (bicyclic) bond motifs is 1. The second-order valence-electron chi connectivity index (χ2n) is 4.65. The summed E-state index contributed by atoms with van der Waals surface area (Å²) in [6, 6.07) is 6.69. The minimum absolute atomic E-state index is 0.108. The number of anilines is 1. The summed E-state index contributed by atoms with van der Waals surface area (Å²) in [6.45, 7) is 1.28. The van der Waals surface area contributed by atoms with E-state index in [0.29, 0.717) is 12.1 Å². The summed E-state index contributed by atoms with van der Waals surface area (Å²) in [5.41, 5.74) is 7.21. The molecule has 6 nitrogen and oxygen atoms in total. The van der Waals surface area contributed by atoms with Crippen LogP contribution in [-0.4, -0.2) is 37.3 Å². The number of para-hydroxylation sites is 1. The molecule has 1 aliphatic rings. The minimum atomic E-state index is -3.95. The number of carbonyl (C=O) groups is 1. The van der Waals surface area contributed by atoms with Gasteiger partial charge in [0.1, 0.15) is 0 Å². The van der Waals surface area contributed by atoms with Crippen molar-refractivity contribution in [2.45, 2.75) is 24.6 Å². The van der Waals surface area contributed by atoms with Gasteiger partial charge < -0.3 is 10.8 Å². The van der Waals surface area contributed by atoms with Crippen molar-refractivity contribution in [1.29, 1.82) is 0 Å². The maximum Gasteiger partial charge on any atom is 0.323 e. The fourth-order valence-electron chi connectivity index (χ4n) is 2.14. The number of benzene rings is 1. The van der Waals surface area contributed by atoms with Crippen LogP contribution in [0.1, 0.15) is 12.5 Å². The van der Waals surface area contributed by atoms with Gasteiger partial charge in [-0.25, -0.2) is 8.42 Å². The molecule has 104 valence electrons. The van der Waals surface area contributed by atoms with Crippen LogP contribution >= 0.6 is 0 Å². The van der Waals surface area contributed by atoms with Crippen LogP contribution in [0.2, 0.25) is 0 Å². The third-order valence-corrected chi connectivity index (χ3v) is 5.30. The van der Waals surface area contributed by atoms with Crippen molar-refractivity contribution in [3.8, 4) is 0 Å². The van der Waals surface area contributed by atoms with E-state index in [4.69, 9.17) is 10.8 Å². The van der Waals surface area contributed by atoms with E-state index in [1.807, 2.05) is 12.1 Å². The predicted octanol–water partition coefficient (Wildman–Crippen LogP) is 0.179. The van der Waals surface area contributed by atoms with Crippen LogP contribution < -0.4 is 10.0 Å². The molecule has 0 saturated heterocycles. The molecule has 2 atom stereocenters. The molecule has 1 aromatic carbocycles. The highest BCUT2D eigenvalue weighted by Gasteiger charge is 2.37. The molecule has 3 N–H and O–H groups in total. The third kappa shape index (κ3) is 2.43. The van der Waals surface area contributed by atoms with E-state index in [1.165, 1.54) is 6.92 Å². The summed E-state index contributed by atoms with van der Waals surface area (Å²) >= 11 is 0. The van der Waals surface area contributed by atoms with E-state index in [2.05, 4.69) is 0 Å². The Hall–Kier alpha value is -1.60. The molecular formula is C12H16N2O4S. The quantitative estimate of drug-likeness (QED) is 0.824. The molecule has 0 aliphatic carbocycles. The third-order valence-electron chi connectivity index (χ3n) is 3.24. The van der Waals surface area contributed by atoms with Crippen LogP contribution in [0.3, 0.4) is 0 Å². The van der Waals surface area contributed by atoms with E-state index in [1.54, 1.807) is 12.1 Å². The van der Waals surface area contributed by atoms with Gasteiger partial charge in [-0.05, 0) is 25.0 Å². The zero-order valence-corrected chi connectivity index (χ0v) is 11.3. The van der Waals surface area contributed by atoms with E-state index < -0.39 is 21.2 Å². The second-order valence-corrected chi connectivity index (χ2v) is 6.83. The number of carboxylic acids is 1. The number of nitrogens with two attached hydrogens (primary N) is 1. The number of rotatable bonds is 3. The molecule has 0 bridgehead atoms. The van der Waals surface area contributed by atoms with Gasteiger partial charge in [0.2, 0.25) is 10.0 Å². The first-order valence-corrected chi connectivity index (χ1v) is 7.42. The predicted molar refractivity (Wildman–Crippen MR) is 71.5 cm³/mol. The number of hydrogen-bond acceptors (Lipinski definition) is 4. The zero-order valence-electron chi connectivity index (χ0n) is 10.5. The fraction of sp³-hybridized carbons (Fsp3) is 0.417. The first-order chi connectivity index (χ1) is 8.84. The molecule has 2 rings (SSSR count). The van der Waals surface area contributed by atoms with Crippen LogP contribution in [0, 0.1) is 0 Å². The summed E-state index contributed by atoms with van der Waals surface area (Å²) in [7, 11) is -3.95. The lowest BCUT2D eigenvalue weighted by atomic mass is 10.0. The normalized spacial score (nSPS) is 20.7. The topological polar surface area (TPSA) is 101 Å². The smallest absolute Gasteiger partial charge is 0.323 e. The Morgan fingerprint density at radius 1 is 1.47 bits per heavy atom. The molecule has 0 radical (unpaired) electrons. The van der Waals surface area contributed by atoms with Gasteiger partial charge in [0.25, 0.3) is 0 Å². The van der Waals surface area contributed by atoms with E-state index in [9.17, 15) is 13.2 Å². The first kappa shape index (κ1) is 13.8. The van der Waals surface area contributed by atoms with Crippen molar-refractivity contribution in [2.24, 2.45) is 5.73 Å². The monoisotopic (exact) mass is 284 g/mol. The van der Waals surface area contributed by atoms with Crippen molar-refractivity contribution >= 4 is 21.7 Å². The molecule has 1 aromatic rings. The summed E-state index contributed by atoms with van der Waals surface area (Å²) in [5.74, 6) is -1.36. The zero-order chi connectivity index (χ0) is 14.2. The SMILES string of the molecule is CC(C(=O)O)S(=O)(=O)N1CC(N)Cc2ccccc21. The maximum absolute atomic E-state index is 12.3. The number of hydrogen-bond donors (Lipinski definition) is 2. The lowest BCUT2D eigenvalue weighted by molar-refractivity contribution is -0.136.